The van der Waals surface area contributed by atoms with Crippen LogP contribution in [-0.4, -0.2) is 72.3 Å². The highest BCUT2D eigenvalue weighted by Gasteiger charge is 2.28. The van der Waals surface area contributed by atoms with E-state index in [1.54, 1.807) is 36.4 Å². The van der Waals surface area contributed by atoms with Crippen molar-refractivity contribution < 1.29 is 31.8 Å². The fraction of sp³-hybridized carbons (Fsp3) is 0.261. The average Bonchev–Trinajstić information content (AvgIpc) is 3.33. The zero-order valence-corrected chi connectivity index (χ0v) is 21.6. The van der Waals surface area contributed by atoms with Crippen molar-refractivity contribution in [3.63, 3.8) is 0 Å². The second kappa shape index (κ2) is 11.4. The number of nitrogens with zero attached hydrogens (tertiary/aromatic N) is 6. The Morgan fingerprint density at radius 3 is 2.21 bits per heavy atom. The molecule has 4 rings (SSSR count). The van der Waals surface area contributed by atoms with Gasteiger partial charge in [0.1, 0.15) is 34.7 Å². The van der Waals surface area contributed by atoms with Gasteiger partial charge in [-0.15, -0.1) is 10.2 Å². The summed E-state index contributed by atoms with van der Waals surface area (Å²) in [5.74, 6) is -0.259. The molecule has 1 aromatic carbocycles. The van der Waals surface area contributed by atoms with Crippen molar-refractivity contribution in [1.82, 2.24) is 29.7 Å². The lowest BCUT2D eigenvalue weighted by atomic mass is 10.2. The first-order valence-electron chi connectivity index (χ1n) is 11.0. The summed E-state index contributed by atoms with van der Waals surface area (Å²) in [6, 6.07) is 10.1. The standard InChI is InChI=1S/C23H24FN7O6S/c1-34-16-8-6-9-17(35-2)20(16)31-22(15-7-5-10-19(27-15)37-4)28-29-23(31)30-38(32,33)13-18(36-3)21-25-11-14(24)12-26-21/h5-12,18H,13H2,1-4H3,(H,29,30)/t18-/m1/s1. The highest BCUT2D eigenvalue weighted by molar-refractivity contribution is 7.92. The van der Waals surface area contributed by atoms with Crippen LogP contribution in [-0.2, 0) is 14.8 Å². The van der Waals surface area contributed by atoms with Crippen LogP contribution in [0.15, 0.2) is 48.8 Å². The summed E-state index contributed by atoms with van der Waals surface area (Å²) in [5.41, 5.74) is 0.662. The summed E-state index contributed by atoms with van der Waals surface area (Å²) in [6.07, 6.45) is 0.753. The molecule has 0 aliphatic carbocycles. The van der Waals surface area contributed by atoms with E-state index in [1.165, 1.54) is 33.0 Å². The molecule has 0 bridgehead atoms. The first-order chi connectivity index (χ1) is 18.3. The van der Waals surface area contributed by atoms with Gasteiger partial charge < -0.3 is 18.9 Å². The minimum absolute atomic E-state index is 0.00610. The highest BCUT2D eigenvalue weighted by Crippen LogP contribution is 2.37. The molecule has 1 atom stereocenters. The quantitative estimate of drug-likeness (QED) is 0.296. The normalized spacial score (nSPS) is 12.1. The Kier molecular flexibility index (Phi) is 7.97. The number of pyridine rings is 1. The number of hydrogen-bond donors (Lipinski definition) is 1. The van der Waals surface area contributed by atoms with Crippen LogP contribution in [0.3, 0.4) is 0 Å². The molecule has 13 nitrogen and oxygen atoms in total. The third kappa shape index (κ3) is 5.63. The van der Waals surface area contributed by atoms with E-state index in [0.717, 1.165) is 12.4 Å². The summed E-state index contributed by atoms with van der Waals surface area (Å²) in [7, 11) is 1.53. The van der Waals surface area contributed by atoms with Crippen LogP contribution in [0.4, 0.5) is 10.3 Å². The monoisotopic (exact) mass is 545 g/mol. The Morgan fingerprint density at radius 2 is 1.61 bits per heavy atom. The van der Waals surface area contributed by atoms with Gasteiger partial charge in [-0.05, 0) is 18.2 Å². The molecule has 38 heavy (non-hydrogen) atoms. The molecule has 0 saturated heterocycles. The zero-order chi connectivity index (χ0) is 27.3. The third-order valence-corrected chi connectivity index (χ3v) is 6.52. The second-order valence-electron chi connectivity index (χ2n) is 7.63. The minimum atomic E-state index is -4.15. The van der Waals surface area contributed by atoms with Crippen molar-refractivity contribution >= 4 is 16.0 Å². The number of sulfonamides is 1. The lowest BCUT2D eigenvalue weighted by molar-refractivity contribution is 0.114. The van der Waals surface area contributed by atoms with Crippen molar-refractivity contribution in [3.8, 4) is 34.6 Å². The van der Waals surface area contributed by atoms with Gasteiger partial charge in [0.25, 0.3) is 0 Å². The first-order valence-corrected chi connectivity index (χ1v) is 12.6. The van der Waals surface area contributed by atoms with Gasteiger partial charge in [-0.2, -0.15) is 0 Å². The van der Waals surface area contributed by atoms with Gasteiger partial charge in [0.15, 0.2) is 17.5 Å². The van der Waals surface area contributed by atoms with E-state index in [9.17, 15) is 12.8 Å². The molecule has 3 aromatic heterocycles. The van der Waals surface area contributed by atoms with E-state index in [2.05, 4.69) is 29.9 Å². The minimum Gasteiger partial charge on any atom is -0.494 e. The number of halogens is 1. The van der Waals surface area contributed by atoms with Crippen LogP contribution >= 0.6 is 0 Å². The molecule has 3 heterocycles. The van der Waals surface area contributed by atoms with E-state index in [4.69, 9.17) is 18.9 Å². The van der Waals surface area contributed by atoms with Crippen LogP contribution < -0.4 is 18.9 Å². The Labute approximate surface area is 217 Å². The maximum Gasteiger partial charge on any atom is 0.243 e. The molecule has 0 radical (unpaired) electrons. The van der Waals surface area contributed by atoms with Crippen molar-refractivity contribution in [2.24, 2.45) is 0 Å². The Balaban J connectivity index is 1.81. The lowest BCUT2D eigenvalue weighted by Crippen LogP contribution is -2.25. The van der Waals surface area contributed by atoms with E-state index in [0.29, 0.717) is 28.8 Å². The number of methoxy groups -OCH3 is 4. The fourth-order valence-corrected chi connectivity index (χ4v) is 4.73. The molecule has 200 valence electrons. The summed E-state index contributed by atoms with van der Waals surface area (Å²) in [4.78, 5) is 12.0. The SMILES string of the molecule is COc1cccc(-c2nnc(NS(=O)(=O)C[C@@H](OC)c3ncc(F)cn3)n2-c2c(OC)cccc2OC)n1. The fourth-order valence-electron chi connectivity index (χ4n) is 3.55. The summed E-state index contributed by atoms with van der Waals surface area (Å²) in [5, 5.41) is 8.29. The predicted octanol–water partition coefficient (Wildman–Crippen LogP) is 2.41. The number of para-hydroxylation sites is 1. The number of aromatic nitrogens is 6. The van der Waals surface area contributed by atoms with Crippen molar-refractivity contribution in [1.29, 1.82) is 0 Å². The van der Waals surface area contributed by atoms with Gasteiger partial charge in [0, 0.05) is 13.2 Å². The first kappa shape index (κ1) is 26.7. The molecule has 0 aliphatic heterocycles. The van der Waals surface area contributed by atoms with E-state index in [-0.39, 0.29) is 17.6 Å². The number of hydrogen-bond acceptors (Lipinski definition) is 11. The lowest BCUT2D eigenvalue weighted by Gasteiger charge is -2.18. The molecule has 4 aromatic rings. The van der Waals surface area contributed by atoms with Gasteiger partial charge in [0.05, 0.1) is 33.7 Å². The number of rotatable bonds is 11. The van der Waals surface area contributed by atoms with Crippen molar-refractivity contribution in [2.75, 3.05) is 38.9 Å². The molecule has 0 saturated carbocycles. The zero-order valence-electron chi connectivity index (χ0n) is 20.8. The van der Waals surface area contributed by atoms with Gasteiger partial charge in [-0.3, -0.25) is 9.29 Å². The van der Waals surface area contributed by atoms with E-state index in [1.807, 2.05) is 0 Å². The maximum atomic E-state index is 13.3. The van der Waals surface area contributed by atoms with Gasteiger partial charge in [-0.1, -0.05) is 12.1 Å². The summed E-state index contributed by atoms with van der Waals surface area (Å²) >= 11 is 0. The number of ether oxygens (including phenoxy) is 4. The van der Waals surface area contributed by atoms with Crippen LogP contribution in [0.1, 0.15) is 11.9 Å². The molecule has 0 fully saturated rings. The number of benzene rings is 1. The molecule has 0 amide bonds. The Hall–Kier alpha value is -4.37. The van der Waals surface area contributed by atoms with Crippen LogP contribution in [0.5, 0.6) is 17.4 Å². The van der Waals surface area contributed by atoms with Gasteiger partial charge >= 0.3 is 0 Å². The largest absolute Gasteiger partial charge is 0.494 e. The molecular weight excluding hydrogens is 521 g/mol. The molecular formula is C23H24FN7O6S. The Bertz CT molecular complexity index is 1490. The highest BCUT2D eigenvalue weighted by atomic mass is 32.2. The maximum absolute atomic E-state index is 13.3. The van der Waals surface area contributed by atoms with Crippen LogP contribution in [0.25, 0.3) is 17.2 Å². The Morgan fingerprint density at radius 1 is 0.947 bits per heavy atom. The summed E-state index contributed by atoms with van der Waals surface area (Å²) < 4.78 is 65.2. The smallest absolute Gasteiger partial charge is 0.243 e. The predicted molar refractivity (Wildman–Crippen MR) is 133 cm³/mol. The van der Waals surface area contributed by atoms with Crippen molar-refractivity contribution in [2.45, 2.75) is 6.10 Å². The van der Waals surface area contributed by atoms with Crippen molar-refractivity contribution in [3.05, 3.63) is 60.4 Å². The molecule has 0 spiro atoms. The van der Waals surface area contributed by atoms with E-state index < -0.39 is 27.7 Å². The molecule has 1 N–H and O–H groups in total. The van der Waals surface area contributed by atoms with Gasteiger partial charge in [0.2, 0.25) is 21.9 Å². The molecule has 15 heteroatoms. The van der Waals surface area contributed by atoms with Gasteiger partial charge in [-0.25, -0.2) is 27.8 Å². The second-order valence-corrected chi connectivity index (χ2v) is 9.39. The summed E-state index contributed by atoms with van der Waals surface area (Å²) in [6.45, 7) is 0. The van der Waals surface area contributed by atoms with E-state index >= 15 is 0 Å². The van der Waals surface area contributed by atoms with Crippen LogP contribution in [0, 0.1) is 5.82 Å². The third-order valence-electron chi connectivity index (χ3n) is 5.28. The number of anilines is 1. The molecule has 0 unspecified atom stereocenters. The molecule has 0 aliphatic rings. The van der Waals surface area contributed by atoms with Crippen LogP contribution in [0.2, 0.25) is 0 Å². The average molecular weight is 546 g/mol. The number of nitrogens with one attached hydrogen (secondary N) is 1. The topological polar surface area (TPSA) is 152 Å².